The van der Waals surface area contributed by atoms with Gasteiger partial charge in [0.15, 0.2) is 9.84 Å². The number of anilines is 1. The van der Waals surface area contributed by atoms with Crippen LogP contribution in [0, 0.1) is 5.41 Å². The predicted molar refractivity (Wildman–Crippen MR) is 82.7 cm³/mol. The second-order valence-corrected chi connectivity index (χ2v) is 8.13. The van der Waals surface area contributed by atoms with Crippen LogP contribution in [0.25, 0.3) is 0 Å². The van der Waals surface area contributed by atoms with E-state index >= 15 is 0 Å². The Morgan fingerprint density at radius 3 is 2.86 bits per heavy atom. The van der Waals surface area contributed by atoms with Crippen molar-refractivity contribution in [3.8, 4) is 0 Å². The average Bonchev–Trinajstić information content (AvgIpc) is 3.01. The third-order valence-corrected chi connectivity index (χ3v) is 6.16. The molecule has 3 N–H and O–H groups in total. The lowest BCUT2D eigenvalue weighted by molar-refractivity contribution is 0.600. The highest BCUT2D eigenvalue weighted by molar-refractivity contribution is 7.91. The number of sulfone groups is 1. The highest BCUT2D eigenvalue weighted by atomic mass is 32.2. The summed E-state index contributed by atoms with van der Waals surface area (Å²) < 4.78 is 23.3. The number of amidine groups is 1. The monoisotopic (exact) mass is 308 g/mol. The largest absolute Gasteiger partial charge is 0.384 e. The van der Waals surface area contributed by atoms with Crippen LogP contribution >= 0.6 is 0 Å². The molecule has 0 bridgehead atoms. The number of hydrogen-bond donors (Lipinski definition) is 2. The minimum Gasteiger partial charge on any atom is -0.384 e. The van der Waals surface area contributed by atoms with Crippen molar-refractivity contribution >= 4 is 21.5 Å². The Kier molecular flexibility index (Phi) is 3.39. The lowest BCUT2D eigenvalue weighted by Gasteiger charge is -2.27. The number of hydrogen-bond acceptors (Lipinski definition) is 5. The molecule has 7 heteroatoms. The SMILES string of the molecule is CN(c1nc2c(cc1C(=N)N)CCC2)C1CCS(=O)(=O)C1. The first-order valence-electron chi connectivity index (χ1n) is 7.18. The van der Waals surface area contributed by atoms with Crippen LogP contribution in [0.15, 0.2) is 6.07 Å². The third-order valence-electron chi connectivity index (χ3n) is 4.41. The summed E-state index contributed by atoms with van der Waals surface area (Å²) in [5, 5.41) is 7.77. The number of pyridine rings is 1. The van der Waals surface area contributed by atoms with Gasteiger partial charge < -0.3 is 10.6 Å². The van der Waals surface area contributed by atoms with Crippen molar-refractivity contribution in [2.24, 2.45) is 5.73 Å². The molecule has 0 radical (unpaired) electrons. The van der Waals surface area contributed by atoms with Gasteiger partial charge in [0, 0.05) is 18.8 Å². The first-order chi connectivity index (χ1) is 9.87. The molecule has 6 nitrogen and oxygen atoms in total. The van der Waals surface area contributed by atoms with Crippen LogP contribution in [-0.4, -0.2) is 43.8 Å². The number of aryl methyl sites for hydroxylation is 2. The third kappa shape index (κ3) is 2.62. The number of fused-ring (bicyclic) bond motifs is 1. The number of nitrogens with two attached hydrogens (primary N) is 1. The van der Waals surface area contributed by atoms with Gasteiger partial charge in [0.2, 0.25) is 0 Å². The topological polar surface area (TPSA) is 100 Å². The molecule has 1 aromatic heterocycles. The molecule has 0 amide bonds. The van der Waals surface area contributed by atoms with Crippen molar-refractivity contribution in [1.82, 2.24) is 4.98 Å². The maximum Gasteiger partial charge on any atom is 0.152 e. The van der Waals surface area contributed by atoms with Crippen LogP contribution in [0.5, 0.6) is 0 Å². The molecule has 0 aromatic carbocycles. The van der Waals surface area contributed by atoms with Gasteiger partial charge >= 0.3 is 0 Å². The van der Waals surface area contributed by atoms with E-state index in [9.17, 15) is 8.42 Å². The Morgan fingerprint density at radius 2 is 2.24 bits per heavy atom. The van der Waals surface area contributed by atoms with Gasteiger partial charge in [-0.2, -0.15) is 0 Å². The van der Waals surface area contributed by atoms with Crippen LogP contribution in [0.3, 0.4) is 0 Å². The van der Waals surface area contributed by atoms with E-state index < -0.39 is 9.84 Å². The van der Waals surface area contributed by atoms with E-state index in [1.807, 2.05) is 18.0 Å². The second-order valence-electron chi connectivity index (χ2n) is 5.90. The van der Waals surface area contributed by atoms with Gasteiger partial charge in [-0.15, -0.1) is 0 Å². The fourth-order valence-electron chi connectivity index (χ4n) is 3.18. The van der Waals surface area contributed by atoms with Crippen molar-refractivity contribution in [3.63, 3.8) is 0 Å². The fourth-order valence-corrected chi connectivity index (χ4v) is 4.96. The van der Waals surface area contributed by atoms with E-state index in [0.717, 1.165) is 30.5 Å². The number of nitrogen functional groups attached to an aromatic ring is 1. The van der Waals surface area contributed by atoms with E-state index in [0.29, 0.717) is 17.8 Å². The molecule has 2 heterocycles. The van der Waals surface area contributed by atoms with Gasteiger partial charge in [-0.1, -0.05) is 0 Å². The van der Waals surface area contributed by atoms with Crippen molar-refractivity contribution < 1.29 is 8.42 Å². The number of nitrogens with one attached hydrogen (secondary N) is 1. The summed E-state index contributed by atoms with van der Waals surface area (Å²) in [5.74, 6) is 1.01. The van der Waals surface area contributed by atoms with Gasteiger partial charge in [-0.05, 0) is 37.3 Å². The number of rotatable bonds is 3. The Morgan fingerprint density at radius 1 is 1.48 bits per heavy atom. The molecular formula is C14H20N4O2S. The zero-order valence-corrected chi connectivity index (χ0v) is 12.9. The zero-order valence-electron chi connectivity index (χ0n) is 12.1. The molecule has 1 aliphatic heterocycles. The molecule has 0 saturated carbocycles. The molecular weight excluding hydrogens is 288 g/mol. The predicted octanol–water partition coefficient (Wildman–Crippen LogP) is 0.478. The van der Waals surface area contributed by atoms with Gasteiger partial charge in [-0.25, -0.2) is 13.4 Å². The lowest BCUT2D eigenvalue weighted by Crippen LogP contribution is -2.35. The molecule has 1 atom stereocenters. The summed E-state index contributed by atoms with van der Waals surface area (Å²) in [6.07, 6.45) is 3.60. The van der Waals surface area contributed by atoms with Crippen molar-refractivity contribution in [2.45, 2.75) is 31.7 Å². The van der Waals surface area contributed by atoms with Crippen LogP contribution in [-0.2, 0) is 22.7 Å². The van der Waals surface area contributed by atoms with Crippen LogP contribution in [0.4, 0.5) is 5.82 Å². The quantitative estimate of drug-likeness (QED) is 0.625. The summed E-state index contributed by atoms with van der Waals surface area (Å²) in [7, 11) is -1.10. The Balaban J connectivity index is 1.99. The van der Waals surface area contributed by atoms with Gasteiger partial charge in [-0.3, -0.25) is 5.41 Å². The molecule has 114 valence electrons. The molecule has 21 heavy (non-hydrogen) atoms. The lowest BCUT2D eigenvalue weighted by atomic mass is 10.1. The van der Waals surface area contributed by atoms with Crippen molar-refractivity contribution in [2.75, 3.05) is 23.5 Å². The number of aromatic nitrogens is 1. The smallest absolute Gasteiger partial charge is 0.152 e. The highest BCUT2D eigenvalue weighted by Gasteiger charge is 2.33. The summed E-state index contributed by atoms with van der Waals surface area (Å²) in [6.45, 7) is 0. The molecule has 1 unspecified atom stereocenters. The molecule has 2 aliphatic rings. The summed E-state index contributed by atoms with van der Waals surface area (Å²) in [5.41, 5.74) is 8.53. The van der Waals surface area contributed by atoms with E-state index in [-0.39, 0.29) is 23.4 Å². The maximum atomic E-state index is 11.7. The van der Waals surface area contributed by atoms with Gasteiger partial charge in [0.05, 0.1) is 17.1 Å². The van der Waals surface area contributed by atoms with E-state index in [4.69, 9.17) is 11.1 Å². The molecule has 1 aromatic rings. The Bertz CT molecular complexity index is 699. The highest BCUT2D eigenvalue weighted by Crippen LogP contribution is 2.29. The minimum atomic E-state index is -2.95. The Labute approximate surface area is 124 Å². The summed E-state index contributed by atoms with van der Waals surface area (Å²) >= 11 is 0. The average molecular weight is 308 g/mol. The molecule has 3 rings (SSSR count). The molecule has 1 fully saturated rings. The standard InChI is InChI=1S/C14H20N4O2S/c1-18(10-5-6-21(19,20)8-10)14-11(13(15)16)7-9-3-2-4-12(9)17-14/h7,10H,2-6,8H2,1H3,(H3,15,16). The molecule has 0 spiro atoms. The summed E-state index contributed by atoms with van der Waals surface area (Å²) in [6, 6.07) is 1.87. The molecule has 1 aliphatic carbocycles. The second kappa shape index (κ2) is 4.98. The minimum absolute atomic E-state index is 0.0140. The molecule has 1 saturated heterocycles. The van der Waals surface area contributed by atoms with Crippen LogP contribution in [0.2, 0.25) is 0 Å². The van der Waals surface area contributed by atoms with Gasteiger partial charge in [0.1, 0.15) is 11.7 Å². The first kappa shape index (κ1) is 14.3. The fraction of sp³-hybridized carbons (Fsp3) is 0.571. The first-order valence-corrected chi connectivity index (χ1v) is 9.00. The van der Waals surface area contributed by atoms with E-state index in [1.54, 1.807) is 0 Å². The zero-order chi connectivity index (χ0) is 15.2. The van der Waals surface area contributed by atoms with Gasteiger partial charge in [0.25, 0.3) is 0 Å². The summed E-state index contributed by atoms with van der Waals surface area (Å²) in [4.78, 5) is 6.57. The van der Waals surface area contributed by atoms with Crippen LogP contribution < -0.4 is 10.6 Å². The van der Waals surface area contributed by atoms with E-state index in [2.05, 4.69) is 4.98 Å². The van der Waals surface area contributed by atoms with Crippen molar-refractivity contribution in [3.05, 3.63) is 22.9 Å². The normalized spacial score (nSPS) is 23.0. The maximum absolute atomic E-state index is 11.7. The van der Waals surface area contributed by atoms with Crippen LogP contribution in [0.1, 0.15) is 29.7 Å². The van der Waals surface area contributed by atoms with Crippen molar-refractivity contribution in [1.29, 1.82) is 5.41 Å². The van der Waals surface area contributed by atoms with E-state index in [1.165, 1.54) is 0 Å². The number of nitrogens with zero attached hydrogens (tertiary/aromatic N) is 2. The Hall–Kier alpha value is -1.63.